The van der Waals surface area contributed by atoms with Gasteiger partial charge < -0.3 is 30.4 Å². The van der Waals surface area contributed by atoms with E-state index in [9.17, 15) is 15.0 Å². The van der Waals surface area contributed by atoms with Gasteiger partial charge in [-0.05, 0) is 54.7 Å². The molecule has 0 unspecified atom stereocenters. The lowest BCUT2D eigenvalue weighted by Crippen LogP contribution is -2.50. The van der Waals surface area contributed by atoms with Gasteiger partial charge in [0.1, 0.15) is 17.1 Å². The molecule has 0 amide bonds. The zero-order valence-corrected chi connectivity index (χ0v) is 14.7. The first-order valence-corrected chi connectivity index (χ1v) is 8.51. The number of aromatic carboxylic acids is 1. The quantitative estimate of drug-likeness (QED) is 0.481. The molecule has 2 aromatic carbocycles. The van der Waals surface area contributed by atoms with E-state index in [1.54, 1.807) is 18.2 Å². The van der Waals surface area contributed by atoms with Gasteiger partial charge in [-0.15, -0.1) is 0 Å². The Morgan fingerprint density at radius 2 is 1.65 bits per heavy atom. The second-order valence-electron chi connectivity index (χ2n) is 5.96. The molecular weight excluding hydrogens is 354 g/mol. The Morgan fingerprint density at radius 1 is 1.00 bits per heavy atom. The summed E-state index contributed by atoms with van der Waals surface area (Å²) < 4.78 is 0. The molecule has 0 saturated carbocycles. The maximum Gasteiger partial charge on any atom is 0.339 e. The van der Waals surface area contributed by atoms with Crippen molar-refractivity contribution < 1.29 is 20.1 Å². The number of phenols is 2. The van der Waals surface area contributed by atoms with Crippen molar-refractivity contribution in [1.82, 2.24) is 4.90 Å². The van der Waals surface area contributed by atoms with E-state index >= 15 is 0 Å². The van der Waals surface area contributed by atoms with Crippen LogP contribution < -0.4 is 10.2 Å². The number of rotatable bonds is 3. The van der Waals surface area contributed by atoms with Gasteiger partial charge in [-0.1, -0.05) is 0 Å². The van der Waals surface area contributed by atoms with Crippen LogP contribution in [0.3, 0.4) is 0 Å². The molecule has 26 heavy (non-hydrogen) atoms. The Balaban J connectivity index is 1.59. The molecule has 0 radical (unpaired) electrons. The average Bonchev–Trinajstić information content (AvgIpc) is 2.64. The summed E-state index contributed by atoms with van der Waals surface area (Å²) in [5.41, 5.74) is 1.40. The lowest BCUT2D eigenvalue weighted by atomic mass is 10.2. The van der Waals surface area contributed by atoms with Gasteiger partial charge in [0.15, 0.2) is 5.11 Å². The minimum atomic E-state index is -1.19. The summed E-state index contributed by atoms with van der Waals surface area (Å²) in [6, 6.07) is 11.4. The van der Waals surface area contributed by atoms with Crippen LogP contribution in [0.1, 0.15) is 10.4 Å². The third-order valence-corrected chi connectivity index (χ3v) is 4.62. The molecule has 3 rings (SSSR count). The van der Waals surface area contributed by atoms with E-state index in [2.05, 4.69) is 10.2 Å². The molecule has 0 atom stereocenters. The number of anilines is 2. The van der Waals surface area contributed by atoms with Gasteiger partial charge in [-0.25, -0.2) is 4.79 Å². The Bertz CT molecular complexity index is 818. The van der Waals surface area contributed by atoms with Crippen molar-refractivity contribution in [3.05, 3.63) is 48.0 Å². The summed E-state index contributed by atoms with van der Waals surface area (Å²) in [5.74, 6) is -1.23. The SMILES string of the molecule is O=C(O)c1cc(NC(=S)N2CCN(c3ccc(O)cc3)CC2)ccc1O. The Labute approximate surface area is 156 Å². The summed E-state index contributed by atoms with van der Waals surface area (Å²) in [6.07, 6.45) is 0. The number of thiocarbonyl (C=S) groups is 1. The largest absolute Gasteiger partial charge is 0.508 e. The fraction of sp³-hybridized carbons (Fsp3) is 0.222. The third-order valence-electron chi connectivity index (χ3n) is 4.26. The van der Waals surface area contributed by atoms with Gasteiger partial charge in [0.2, 0.25) is 0 Å². The van der Waals surface area contributed by atoms with E-state index in [4.69, 9.17) is 17.3 Å². The van der Waals surface area contributed by atoms with Crippen LogP contribution in [-0.2, 0) is 0 Å². The van der Waals surface area contributed by atoms with Crippen LogP contribution in [0.4, 0.5) is 11.4 Å². The number of hydrogen-bond acceptors (Lipinski definition) is 5. The summed E-state index contributed by atoms with van der Waals surface area (Å²) >= 11 is 5.42. The maximum absolute atomic E-state index is 11.1. The molecule has 1 heterocycles. The summed E-state index contributed by atoms with van der Waals surface area (Å²) in [4.78, 5) is 15.3. The molecule has 1 aliphatic heterocycles. The van der Waals surface area contributed by atoms with E-state index in [1.807, 2.05) is 17.0 Å². The van der Waals surface area contributed by atoms with Crippen LogP contribution in [0.15, 0.2) is 42.5 Å². The highest BCUT2D eigenvalue weighted by molar-refractivity contribution is 7.80. The number of phenolic OH excluding ortho intramolecular Hbond substituents is 1. The zero-order valence-electron chi connectivity index (χ0n) is 13.9. The highest BCUT2D eigenvalue weighted by Gasteiger charge is 2.20. The molecule has 2 aromatic rings. The Kier molecular flexibility index (Phi) is 5.13. The smallest absolute Gasteiger partial charge is 0.339 e. The van der Waals surface area contributed by atoms with E-state index in [-0.39, 0.29) is 17.1 Å². The molecular formula is C18H19N3O4S. The molecule has 4 N–H and O–H groups in total. The summed E-state index contributed by atoms with van der Waals surface area (Å²) in [6.45, 7) is 3.00. The first-order valence-electron chi connectivity index (χ1n) is 8.10. The predicted molar refractivity (Wildman–Crippen MR) is 103 cm³/mol. The Hall–Kier alpha value is -3.00. The first kappa shape index (κ1) is 17.8. The number of carboxylic acids is 1. The lowest BCUT2D eigenvalue weighted by Gasteiger charge is -2.37. The second-order valence-corrected chi connectivity index (χ2v) is 6.34. The van der Waals surface area contributed by atoms with Crippen LogP contribution in [0.25, 0.3) is 0 Å². The van der Waals surface area contributed by atoms with Crippen LogP contribution in [0.2, 0.25) is 0 Å². The highest BCUT2D eigenvalue weighted by atomic mass is 32.1. The third kappa shape index (κ3) is 3.97. The predicted octanol–water partition coefficient (Wildman–Crippen LogP) is 2.32. The van der Waals surface area contributed by atoms with E-state index in [1.165, 1.54) is 12.1 Å². The van der Waals surface area contributed by atoms with E-state index < -0.39 is 5.97 Å². The van der Waals surface area contributed by atoms with Gasteiger partial charge in [0.05, 0.1) is 0 Å². The van der Waals surface area contributed by atoms with Crippen molar-refractivity contribution in [2.45, 2.75) is 0 Å². The molecule has 136 valence electrons. The molecule has 0 aromatic heterocycles. The van der Waals surface area contributed by atoms with E-state index in [0.29, 0.717) is 10.8 Å². The molecule has 8 heteroatoms. The van der Waals surface area contributed by atoms with Crippen molar-refractivity contribution in [3.8, 4) is 11.5 Å². The number of carboxylic acid groups (broad SMARTS) is 1. The summed E-state index contributed by atoms with van der Waals surface area (Å²) in [7, 11) is 0. The van der Waals surface area contributed by atoms with E-state index in [0.717, 1.165) is 31.9 Å². The molecule has 0 aliphatic carbocycles. The minimum Gasteiger partial charge on any atom is -0.508 e. The Morgan fingerprint density at radius 3 is 2.27 bits per heavy atom. The standard InChI is InChI=1S/C18H19N3O4S/c22-14-4-2-13(3-5-14)20-7-9-21(10-8-20)18(26)19-12-1-6-16(23)15(11-12)17(24)25/h1-6,11,22-23H,7-10H2,(H,19,26)(H,24,25). The monoisotopic (exact) mass is 373 g/mol. The molecule has 1 saturated heterocycles. The molecule has 1 aliphatic rings. The number of benzene rings is 2. The number of hydrogen-bond donors (Lipinski definition) is 4. The van der Waals surface area contributed by atoms with Crippen LogP contribution >= 0.6 is 12.2 Å². The van der Waals surface area contributed by atoms with Gasteiger partial charge in [-0.2, -0.15) is 0 Å². The molecule has 0 bridgehead atoms. The minimum absolute atomic E-state index is 0.171. The van der Waals surface area contributed by atoms with Gasteiger partial charge in [-0.3, -0.25) is 0 Å². The van der Waals surface area contributed by atoms with Crippen molar-refractivity contribution in [2.75, 3.05) is 36.4 Å². The molecule has 0 spiro atoms. The van der Waals surface area contributed by atoms with Crippen molar-refractivity contribution >= 4 is 34.7 Å². The number of carbonyl (C=O) groups is 1. The fourth-order valence-electron chi connectivity index (χ4n) is 2.82. The average molecular weight is 373 g/mol. The first-order chi connectivity index (χ1) is 12.4. The topological polar surface area (TPSA) is 96.3 Å². The number of piperazine rings is 1. The lowest BCUT2D eigenvalue weighted by molar-refractivity contribution is 0.0694. The molecule has 7 nitrogen and oxygen atoms in total. The second kappa shape index (κ2) is 7.49. The number of aromatic hydroxyl groups is 2. The maximum atomic E-state index is 11.1. The van der Waals surface area contributed by atoms with Gasteiger partial charge >= 0.3 is 5.97 Å². The van der Waals surface area contributed by atoms with Crippen LogP contribution in [0.5, 0.6) is 11.5 Å². The van der Waals surface area contributed by atoms with Gasteiger partial charge in [0, 0.05) is 37.6 Å². The van der Waals surface area contributed by atoms with Crippen LogP contribution in [-0.4, -0.2) is 57.5 Å². The summed E-state index contributed by atoms with van der Waals surface area (Å²) in [5, 5.41) is 31.6. The van der Waals surface area contributed by atoms with Crippen molar-refractivity contribution in [3.63, 3.8) is 0 Å². The zero-order chi connectivity index (χ0) is 18.7. The van der Waals surface area contributed by atoms with Crippen molar-refractivity contribution in [1.29, 1.82) is 0 Å². The fourth-order valence-corrected chi connectivity index (χ4v) is 3.12. The van der Waals surface area contributed by atoms with Crippen LogP contribution in [0, 0.1) is 0 Å². The number of nitrogens with zero attached hydrogens (tertiary/aromatic N) is 2. The molecule has 1 fully saturated rings. The van der Waals surface area contributed by atoms with Gasteiger partial charge in [0.25, 0.3) is 0 Å². The number of nitrogens with one attached hydrogen (secondary N) is 1. The normalized spacial score (nSPS) is 14.2. The highest BCUT2D eigenvalue weighted by Crippen LogP contribution is 2.23. The van der Waals surface area contributed by atoms with Crippen molar-refractivity contribution in [2.24, 2.45) is 0 Å².